The van der Waals surface area contributed by atoms with Gasteiger partial charge in [0.05, 0.1) is 29.0 Å². The number of ether oxygens (including phenoxy) is 3. The van der Waals surface area contributed by atoms with Crippen molar-refractivity contribution in [2.24, 2.45) is 0 Å². The highest BCUT2D eigenvalue weighted by Crippen LogP contribution is 2.45. The zero-order valence-electron chi connectivity index (χ0n) is 18.7. The Hall–Kier alpha value is -4.24. The van der Waals surface area contributed by atoms with Gasteiger partial charge in [0.1, 0.15) is 6.61 Å². The van der Waals surface area contributed by atoms with Crippen molar-refractivity contribution in [2.45, 2.75) is 32.1 Å². The number of esters is 1. The van der Waals surface area contributed by atoms with Gasteiger partial charge in [-0.05, 0) is 30.2 Å². The summed E-state index contributed by atoms with van der Waals surface area (Å²) in [6, 6.07) is 9.28. The molecule has 1 aromatic carbocycles. The van der Waals surface area contributed by atoms with E-state index in [1.807, 2.05) is 24.3 Å². The molecule has 1 atom stereocenters. The summed E-state index contributed by atoms with van der Waals surface area (Å²) < 4.78 is 18.0. The van der Waals surface area contributed by atoms with Crippen LogP contribution in [0.2, 0.25) is 0 Å². The minimum absolute atomic E-state index is 0.0874. The third-order valence-corrected chi connectivity index (χ3v) is 7.13. The number of aliphatic hydroxyl groups is 1. The maximum atomic E-state index is 13.6. The van der Waals surface area contributed by atoms with E-state index in [4.69, 9.17) is 19.2 Å². The van der Waals surface area contributed by atoms with Crippen LogP contribution in [0.4, 0.5) is 0 Å². The summed E-state index contributed by atoms with van der Waals surface area (Å²) in [7, 11) is 0. The van der Waals surface area contributed by atoms with Gasteiger partial charge in [0.15, 0.2) is 17.1 Å². The first-order valence-corrected chi connectivity index (χ1v) is 11.3. The summed E-state index contributed by atoms with van der Waals surface area (Å²) in [5, 5.41) is 12.0. The van der Waals surface area contributed by atoms with Crippen LogP contribution in [0.1, 0.15) is 30.0 Å². The number of hydrogen-bond donors (Lipinski definition) is 1. The van der Waals surface area contributed by atoms with E-state index in [1.54, 1.807) is 30.0 Å². The molecule has 0 fully saturated rings. The van der Waals surface area contributed by atoms with Gasteiger partial charge in [-0.25, -0.2) is 9.78 Å². The van der Waals surface area contributed by atoms with Crippen molar-refractivity contribution in [3.05, 3.63) is 69.8 Å². The van der Waals surface area contributed by atoms with Gasteiger partial charge in [-0.1, -0.05) is 13.0 Å². The lowest BCUT2D eigenvalue weighted by molar-refractivity contribution is -0.172. The molecule has 0 amide bonds. The quantitative estimate of drug-likeness (QED) is 0.393. The molecule has 3 aliphatic rings. The molecular weight excluding hydrogens is 450 g/mol. The van der Waals surface area contributed by atoms with Gasteiger partial charge in [-0.2, -0.15) is 0 Å². The highest BCUT2D eigenvalue weighted by Gasteiger charge is 2.45. The summed E-state index contributed by atoms with van der Waals surface area (Å²) in [5.41, 5.74) is 2.88. The van der Waals surface area contributed by atoms with Crippen LogP contribution in [-0.4, -0.2) is 32.4 Å². The Morgan fingerprint density at radius 1 is 1.11 bits per heavy atom. The SMILES string of the molecule is CC[C@@]1(O)C(=O)OCc2c1cc1n(c2=O)Cc2c-1nc1cc3c(cc1c2-c1cccnc1)OCO3. The van der Waals surface area contributed by atoms with Crippen molar-refractivity contribution >= 4 is 16.9 Å². The normalized spacial score (nSPS) is 19.3. The van der Waals surface area contributed by atoms with Crippen LogP contribution < -0.4 is 15.0 Å². The van der Waals surface area contributed by atoms with E-state index in [0.717, 1.165) is 22.1 Å². The molecule has 7 rings (SSSR count). The Balaban J connectivity index is 1.56. The molecule has 9 nitrogen and oxygen atoms in total. The number of cyclic esters (lactones) is 1. The predicted molar refractivity (Wildman–Crippen MR) is 124 cm³/mol. The van der Waals surface area contributed by atoms with Gasteiger partial charge in [-0.15, -0.1) is 0 Å². The molecular formula is C26H19N3O6. The summed E-state index contributed by atoms with van der Waals surface area (Å²) >= 11 is 0. The zero-order valence-corrected chi connectivity index (χ0v) is 18.7. The van der Waals surface area contributed by atoms with Crippen molar-refractivity contribution in [3.63, 3.8) is 0 Å². The van der Waals surface area contributed by atoms with Gasteiger partial charge < -0.3 is 23.9 Å². The lowest BCUT2D eigenvalue weighted by atomic mass is 9.86. The molecule has 3 aromatic heterocycles. The first kappa shape index (κ1) is 20.2. The van der Waals surface area contributed by atoms with E-state index in [9.17, 15) is 14.7 Å². The van der Waals surface area contributed by atoms with Crippen LogP contribution in [0.25, 0.3) is 33.4 Å². The number of pyridine rings is 3. The number of rotatable bonds is 2. The summed E-state index contributed by atoms with van der Waals surface area (Å²) in [6.07, 6.45) is 3.57. The van der Waals surface area contributed by atoms with Crippen molar-refractivity contribution in [1.82, 2.24) is 14.5 Å². The number of aromatic nitrogens is 3. The molecule has 174 valence electrons. The van der Waals surface area contributed by atoms with Crippen molar-refractivity contribution in [3.8, 4) is 34.0 Å². The summed E-state index contributed by atoms with van der Waals surface area (Å²) in [5.74, 6) is 0.493. The second-order valence-electron chi connectivity index (χ2n) is 8.88. The van der Waals surface area contributed by atoms with Crippen LogP contribution in [0.5, 0.6) is 11.5 Å². The largest absolute Gasteiger partial charge is 0.458 e. The standard InChI is InChI=1S/C26H19N3O6/c1-2-26(32)17-7-19-23-15(10-29(19)24(30)16(17)11-33-25(26)31)22(13-4-3-5-27-9-13)14-6-20-21(35-12-34-20)8-18(14)28-23/h3-9,32H,2,10-12H2,1H3/t26-/m0/s1. The van der Waals surface area contributed by atoms with Gasteiger partial charge in [0, 0.05) is 40.5 Å². The second-order valence-corrected chi connectivity index (χ2v) is 8.88. The van der Waals surface area contributed by atoms with E-state index < -0.39 is 11.6 Å². The van der Waals surface area contributed by atoms with Gasteiger partial charge in [0.2, 0.25) is 6.79 Å². The molecule has 35 heavy (non-hydrogen) atoms. The number of carbonyl (C=O) groups excluding carboxylic acids is 1. The molecule has 0 aliphatic carbocycles. The Morgan fingerprint density at radius 2 is 1.94 bits per heavy atom. The molecule has 0 spiro atoms. The maximum Gasteiger partial charge on any atom is 0.343 e. The van der Waals surface area contributed by atoms with Crippen LogP contribution in [0.3, 0.4) is 0 Å². The van der Waals surface area contributed by atoms with E-state index in [-0.39, 0.29) is 37.5 Å². The Labute approximate surface area is 198 Å². The van der Waals surface area contributed by atoms with E-state index in [2.05, 4.69) is 4.98 Å². The summed E-state index contributed by atoms with van der Waals surface area (Å²) in [4.78, 5) is 35.3. The predicted octanol–water partition coefficient (Wildman–Crippen LogP) is 2.87. The molecule has 0 saturated heterocycles. The molecule has 3 aliphatic heterocycles. The first-order chi connectivity index (χ1) is 17.0. The highest BCUT2D eigenvalue weighted by molar-refractivity contribution is 6.01. The molecule has 0 saturated carbocycles. The third-order valence-electron chi connectivity index (χ3n) is 7.13. The molecule has 6 heterocycles. The smallest absolute Gasteiger partial charge is 0.343 e. The number of fused-ring (bicyclic) bond motifs is 6. The van der Waals surface area contributed by atoms with E-state index in [0.29, 0.717) is 34.0 Å². The Kier molecular flexibility index (Phi) is 3.97. The number of carbonyl (C=O) groups is 1. The second kappa shape index (κ2) is 6.89. The number of nitrogens with zero attached hydrogens (tertiary/aromatic N) is 3. The molecule has 0 radical (unpaired) electrons. The molecule has 9 heteroatoms. The first-order valence-electron chi connectivity index (χ1n) is 11.3. The van der Waals surface area contributed by atoms with Crippen molar-refractivity contribution in [1.29, 1.82) is 0 Å². The Bertz CT molecular complexity index is 1650. The van der Waals surface area contributed by atoms with Crippen LogP contribution in [0, 0.1) is 0 Å². The van der Waals surface area contributed by atoms with Gasteiger partial charge in [0.25, 0.3) is 5.56 Å². The van der Waals surface area contributed by atoms with Gasteiger partial charge >= 0.3 is 5.97 Å². The number of hydrogen-bond acceptors (Lipinski definition) is 8. The van der Waals surface area contributed by atoms with Crippen LogP contribution in [-0.2, 0) is 28.3 Å². The fraction of sp³-hybridized carbons (Fsp3) is 0.231. The fourth-order valence-electron chi connectivity index (χ4n) is 5.31. The third kappa shape index (κ3) is 2.61. The number of benzene rings is 1. The monoisotopic (exact) mass is 469 g/mol. The lowest BCUT2D eigenvalue weighted by Crippen LogP contribution is -2.44. The van der Waals surface area contributed by atoms with Crippen molar-refractivity contribution < 1.29 is 24.1 Å². The molecule has 1 N–H and O–H groups in total. The van der Waals surface area contributed by atoms with Crippen LogP contribution >= 0.6 is 0 Å². The van der Waals surface area contributed by atoms with Crippen molar-refractivity contribution in [2.75, 3.05) is 6.79 Å². The van der Waals surface area contributed by atoms with E-state index in [1.165, 1.54) is 0 Å². The van der Waals surface area contributed by atoms with Crippen LogP contribution in [0.15, 0.2) is 47.5 Å². The van der Waals surface area contributed by atoms with E-state index >= 15 is 0 Å². The topological polar surface area (TPSA) is 113 Å². The maximum absolute atomic E-state index is 13.6. The average Bonchev–Trinajstić information content (AvgIpc) is 3.48. The molecule has 0 unspecified atom stereocenters. The van der Waals surface area contributed by atoms with Gasteiger partial charge in [-0.3, -0.25) is 9.78 Å². The average molecular weight is 469 g/mol. The highest BCUT2D eigenvalue weighted by atomic mass is 16.7. The lowest BCUT2D eigenvalue weighted by Gasteiger charge is -2.31. The molecule has 4 aromatic rings. The zero-order chi connectivity index (χ0) is 23.9. The Morgan fingerprint density at radius 3 is 2.71 bits per heavy atom. The minimum Gasteiger partial charge on any atom is -0.458 e. The minimum atomic E-state index is -1.87. The molecule has 0 bridgehead atoms. The fourth-order valence-corrected chi connectivity index (χ4v) is 5.31. The summed E-state index contributed by atoms with van der Waals surface area (Å²) in [6.45, 7) is 1.95.